The summed E-state index contributed by atoms with van der Waals surface area (Å²) in [4.78, 5) is 0. The van der Waals surface area contributed by atoms with E-state index in [0.29, 0.717) is 0 Å². The normalized spacial score (nSPS) is 8.20. The molecule has 0 aliphatic carbocycles. The highest BCUT2D eigenvalue weighted by Crippen LogP contribution is 2.00. The molecule has 0 aromatic heterocycles. The third-order valence-corrected chi connectivity index (χ3v) is 1.33. The third-order valence-electron chi connectivity index (χ3n) is 1.33. The minimum absolute atomic E-state index is 0.980. The lowest BCUT2D eigenvalue weighted by Crippen LogP contribution is -1.74. The Morgan fingerprint density at radius 2 is 2.00 bits per heavy atom. The van der Waals surface area contributed by atoms with Gasteiger partial charge in [0.1, 0.15) is 6.11 Å². The molecule has 0 amide bonds. The van der Waals surface area contributed by atoms with Gasteiger partial charge in [-0.05, 0) is 6.42 Å². The Hall–Kier alpha value is -0.640. The van der Waals surface area contributed by atoms with Crippen molar-refractivity contribution in [1.82, 2.24) is 0 Å². The molecule has 0 atom stereocenters. The Labute approximate surface area is 63.8 Å². The van der Waals surface area contributed by atoms with Crippen molar-refractivity contribution in [2.45, 2.75) is 39.0 Å². The summed E-state index contributed by atoms with van der Waals surface area (Å²) >= 11 is 0. The monoisotopic (exact) mass is 140 g/mol. The van der Waals surface area contributed by atoms with E-state index in [1.807, 2.05) is 0 Å². The number of ether oxygens (including phenoxy) is 1. The minimum atomic E-state index is 0.980. The smallest absolute Gasteiger partial charge is 0.109 e. The van der Waals surface area contributed by atoms with Crippen LogP contribution in [0.1, 0.15) is 39.0 Å². The maximum absolute atomic E-state index is 4.59. The molecule has 0 spiro atoms. The quantitative estimate of drug-likeness (QED) is 0.431. The molecule has 0 aromatic rings. The summed E-state index contributed by atoms with van der Waals surface area (Å²) in [5.74, 6) is 2.92. The van der Waals surface area contributed by atoms with Crippen molar-refractivity contribution < 1.29 is 4.74 Å². The van der Waals surface area contributed by atoms with Crippen molar-refractivity contribution in [3.63, 3.8) is 0 Å². The van der Waals surface area contributed by atoms with E-state index >= 15 is 0 Å². The maximum atomic E-state index is 4.59. The molecule has 10 heavy (non-hydrogen) atoms. The van der Waals surface area contributed by atoms with Crippen LogP contribution < -0.4 is 0 Å². The van der Waals surface area contributed by atoms with Crippen LogP contribution in [-0.4, -0.2) is 7.11 Å². The molecule has 1 heteroatoms. The highest BCUT2D eigenvalue weighted by Gasteiger charge is 1.82. The number of hydrogen-bond acceptors (Lipinski definition) is 1. The van der Waals surface area contributed by atoms with Crippen LogP contribution in [0.3, 0.4) is 0 Å². The summed E-state index contributed by atoms with van der Waals surface area (Å²) in [6, 6.07) is 0. The summed E-state index contributed by atoms with van der Waals surface area (Å²) in [5, 5.41) is 0. The van der Waals surface area contributed by atoms with Gasteiger partial charge < -0.3 is 4.74 Å². The van der Waals surface area contributed by atoms with Gasteiger partial charge in [-0.1, -0.05) is 32.1 Å². The van der Waals surface area contributed by atoms with Gasteiger partial charge in [-0.2, -0.15) is 0 Å². The van der Waals surface area contributed by atoms with Gasteiger partial charge in [-0.3, -0.25) is 0 Å². The van der Waals surface area contributed by atoms with Crippen molar-refractivity contribution in [2.75, 3.05) is 7.11 Å². The van der Waals surface area contributed by atoms with Gasteiger partial charge in [0.15, 0.2) is 0 Å². The van der Waals surface area contributed by atoms with Gasteiger partial charge in [-0.25, -0.2) is 0 Å². The zero-order valence-electron chi connectivity index (χ0n) is 6.94. The first-order valence-electron chi connectivity index (χ1n) is 3.92. The van der Waals surface area contributed by atoms with E-state index in [-0.39, 0.29) is 0 Å². The molecule has 1 nitrogen and oxygen atoms in total. The Morgan fingerprint density at radius 1 is 1.20 bits per heavy atom. The van der Waals surface area contributed by atoms with Crippen molar-refractivity contribution in [1.29, 1.82) is 0 Å². The first-order valence-corrected chi connectivity index (χ1v) is 3.92. The van der Waals surface area contributed by atoms with Crippen LogP contribution in [-0.2, 0) is 4.74 Å². The molecule has 58 valence electrons. The average molecular weight is 140 g/mol. The highest BCUT2D eigenvalue weighted by molar-refractivity contribution is 4.90. The van der Waals surface area contributed by atoms with Crippen molar-refractivity contribution in [3.8, 4) is 12.0 Å². The van der Waals surface area contributed by atoms with Gasteiger partial charge in [-0.15, -0.1) is 0 Å². The summed E-state index contributed by atoms with van der Waals surface area (Å²) in [7, 11) is 1.60. The lowest BCUT2D eigenvalue weighted by atomic mass is 10.2. The Bertz CT molecular complexity index is 108. The fraction of sp³-hybridized carbons (Fsp3) is 0.778. The number of rotatable bonds is 4. The van der Waals surface area contributed by atoms with E-state index in [2.05, 4.69) is 23.7 Å². The SMILES string of the molecule is CCCCCCC#COC. The molecule has 0 saturated carbocycles. The van der Waals surface area contributed by atoms with Crippen molar-refractivity contribution >= 4 is 0 Å². The second kappa shape index (κ2) is 8.36. The lowest BCUT2D eigenvalue weighted by Gasteiger charge is -1.91. The predicted molar refractivity (Wildman–Crippen MR) is 43.5 cm³/mol. The molecule has 0 radical (unpaired) electrons. The Kier molecular flexibility index (Phi) is 7.82. The minimum Gasteiger partial charge on any atom is -0.450 e. The van der Waals surface area contributed by atoms with Gasteiger partial charge in [0.2, 0.25) is 0 Å². The fourth-order valence-electron chi connectivity index (χ4n) is 0.763. The van der Waals surface area contributed by atoms with Gasteiger partial charge in [0.05, 0.1) is 7.11 Å². The van der Waals surface area contributed by atoms with Crippen LogP contribution >= 0.6 is 0 Å². The summed E-state index contributed by atoms with van der Waals surface area (Å²) in [6.45, 7) is 2.21. The summed E-state index contributed by atoms with van der Waals surface area (Å²) in [6.07, 6.45) is 8.69. The largest absolute Gasteiger partial charge is 0.450 e. The van der Waals surface area contributed by atoms with Gasteiger partial charge >= 0.3 is 0 Å². The molecule has 0 aliphatic rings. The number of methoxy groups -OCH3 is 1. The van der Waals surface area contributed by atoms with E-state index in [1.165, 1.54) is 25.7 Å². The molecule has 0 N–H and O–H groups in total. The summed E-state index contributed by atoms with van der Waals surface area (Å²) in [5.41, 5.74) is 0. The average Bonchev–Trinajstić information content (AvgIpc) is 1.97. The molecular formula is C9H16O. The van der Waals surface area contributed by atoms with Crippen LogP contribution in [0.4, 0.5) is 0 Å². The topological polar surface area (TPSA) is 9.23 Å². The van der Waals surface area contributed by atoms with Crippen LogP contribution in [0.2, 0.25) is 0 Å². The van der Waals surface area contributed by atoms with E-state index in [1.54, 1.807) is 7.11 Å². The molecule has 0 bridgehead atoms. The Balaban J connectivity index is 2.90. The Morgan fingerprint density at radius 3 is 2.60 bits per heavy atom. The third kappa shape index (κ3) is 7.36. The lowest BCUT2D eigenvalue weighted by molar-refractivity contribution is 0.371. The molecular weight excluding hydrogens is 124 g/mol. The molecule has 0 rings (SSSR count). The number of hydrogen-bond donors (Lipinski definition) is 0. The molecule has 0 aliphatic heterocycles. The maximum Gasteiger partial charge on any atom is 0.109 e. The zero-order chi connectivity index (χ0) is 7.66. The number of unbranched alkanes of at least 4 members (excludes halogenated alkanes) is 4. The van der Waals surface area contributed by atoms with E-state index in [0.717, 1.165) is 6.42 Å². The van der Waals surface area contributed by atoms with Crippen LogP contribution in [0.5, 0.6) is 0 Å². The zero-order valence-corrected chi connectivity index (χ0v) is 6.94. The fourth-order valence-corrected chi connectivity index (χ4v) is 0.763. The van der Waals surface area contributed by atoms with Crippen LogP contribution in [0, 0.1) is 12.0 Å². The second-order valence-electron chi connectivity index (χ2n) is 2.29. The predicted octanol–water partition coefficient (Wildman–Crippen LogP) is 2.56. The van der Waals surface area contributed by atoms with Crippen LogP contribution in [0.15, 0.2) is 0 Å². The molecule has 0 unspecified atom stereocenters. The van der Waals surface area contributed by atoms with Crippen LogP contribution in [0.25, 0.3) is 0 Å². The second-order valence-corrected chi connectivity index (χ2v) is 2.29. The van der Waals surface area contributed by atoms with Gasteiger partial charge in [0.25, 0.3) is 0 Å². The van der Waals surface area contributed by atoms with Crippen molar-refractivity contribution in [2.24, 2.45) is 0 Å². The van der Waals surface area contributed by atoms with Gasteiger partial charge in [0, 0.05) is 6.42 Å². The molecule has 0 aromatic carbocycles. The molecule has 0 heterocycles. The first-order chi connectivity index (χ1) is 4.91. The van der Waals surface area contributed by atoms with E-state index in [4.69, 9.17) is 0 Å². The first kappa shape index (κ1) is 9.36. The summed E-state index contributed by atoms with van der Waals surface area (Å²) < 4.78 is 4.59. The van der Waals surface area contributed by atoms with Crippen molar-refractivity contribution in [3.05, 3.63) is 0 Å². The molecule has 0 saturated heterocycles. The standard InChI is InChI=1S/C9H16O/c1-3-4-5-6-7-8-9-10-2/h3-7H2,1-2H3. The molecule has 0 fully saturated rings. The van der Waals surface area contributed by atoms with E-state index < -0.39 is 0 Å². The van der Waals surface area contributed by atoms with E-state index in [9.17, 15) is 0 Å². The highest BCUT2D eigenvalue weighted by atomic mass is 16.5.